The standard InChI is InChI=1S/C36H36Cl2N2O6/c1-36(2,3)22-14-21(11-20-12-29(43-4)34(45-6)30(13-20)44-5)33-27(15-22)32(26-9-7-8-10-28(26)40-33)35(42)46-19-31(41)39-25-17-23(37)16-24(38)18-25/h7-13,16-18,22H,14-15,19H2,1-6H3,(H,39,41)/b21-11-/t22-/m1/s1. The van der Waals surface area contributed by atoms with Gasteiger partial charge >= 0.3 is 5.97 Å². The van der Waals surface area contributed by atoms with Gasteiger partial charge in [-0.25, -0.2) is 9.78 Å². The molecule has 46 heavy (non-hydrogen) atoms. The van der Waals surface area contributed by atoms with Crippen LogP contribution in [0.4, 0.5) is 5.69 Å². The zero-order valence-electron chi connectivity index (χ0n) is 26.6. The summed E-state index contributed by atoms with van der Waals surface area (Å²) in [6.07, 6.45) is 3.40. The van der Waals surface area contributed by atoms with Crippen molar-refractivity contribution in [1.29, 1.82) is 0 Å². The van der Waals surface area contributed by atoms with E-state index in [1.54, 1.807) is 39.5 Å². The summed E-state index contributed by atoms with van der Waals surface area (Å²) in [4.78, 5) is 31.8. The number of fused-ring (bicyclic) bond motifs is 2. The van der Waals surface area contributed by atoms with Gasteiger partial charge in [0.2, 0.25) is 5.75 Å². The molecule has 0 fully saturated rings. The molecule has 1 aliphatic rings. The maximum atomic E-state index is 13.9. The predicted molar refractivity (Wildman–Crippen MR) is 182 cm³/mol. The normalized spacial score (nSPS) is 15.3. The number of amides is 1. The molecule has 1 atom stereocenters. The van der Waals surface area contributed by atoms with Gasteiger partial charge in [0.1, 0.15) is 0 Å². The SMILES string of the molecule is COc1cc(/C=C2/C[C@@H](C(C)(C)C)Cc3c2nc2ccccc2c3C(=O)OCC(=O)Nc2cc(Cl)cc(Cl)c2)cc(OC)c1OC. The summed E-state index contributed by atoms with van der Waals surface area (Å²) < 4.78 is 22.4. The summed E-state index contributed by atoms with van der Waals surface area (Å²) in [6, 6.07) is 15.9. The van der Waals surface area contributed by atoms with E-state index in [0.29, 0.717) is 55.9 Å². The summed E-state index contributed by atoms with van der Waals surface area (Å²) in [5, 5.41) is 4.09. The first-order valence-corrected chi connectivity index (χ1v) is 15.5. The van der Waals surface area contributed by atoms with Crippen LogP contribution >= 0.6 is 23.2 Å². The number of allylic oxidation sites excluding steroid dienone is 1. The number of pyridine rings is 1. The Labute approximate surface area is 278 Å². The number of halogens is 2. The smallest absolute Gasteiger partial charge is 0.339 e. The molecule has 0 unspecified atom stereocenters. The number of methoxy groups -OCH3 is 3. The molecule has 1 aromatic heterocycles. The number of anilines is 1. The van der Waals surface area contributed by atoms with Crippen LogP contribution in [0.15, 0.2) is 54.6 Å². The molecule has 0 radical (unpaired) electrons. The van der Waals surface area contributed by atoms with Gasteiger partial charge in [-0.3, -0.25) is 4.79 Å². The lowest BCUT2D eigenvalue weighted by molar-refractivity contribution is -0.119. The molecule has 0 saturated heterocycles. The average Bonchev–Trinajstić information content (AvgIpc) is 3.01. The zero-order chi connectivity index (χ0) is 33.2. The third-order valence-electron chi connectivity index (χ3n) is 8.15. The van der Waals surface area contributed by atoms with Crippen molar-refractivity contribution in [3.05, 3.63) is 87.0 Å². The van der Waals surface area contributed by atoms with Crippen molar-refractivity contribution in [2.45, 2.75) is 33.6 Å². The molecule has 0 aliphatic heterocycles. The van der Waals surface area contributed by atoms with Crippen molar-refractivity contribution < 1.29 is 28.5 Å². The van der Waals surface area contributed by atoms with Gasteiger partial charge in [-0.1, -0.05) is 62.2 Å². The van der Waals surface area contributed by atoms with Crippen molar-refractivity contribution in [2.24, 2.45) is 11.3 Å². The minimum atomic E-state index is -0.601. The Balaban J connectivity index is 1.58. The first-order chi connectivity index (χ1) is 21.9. The molecular weight excluding hydrogens is 627 g/mol. The quantitative estimate of drug-likeness (QED) is 0.189. The van der Waals surface area contributed by atoms with Crippen molar-refractivity contribution >= 4 is 63.3 Å². The van der Waals surface area contributed by atoms with Gasteiger partial charge in [-0.05, 0) is 83.3 Å². The maximum absolute atomic E-state index is 13.9. The minimum absolute atomic E-state index is 0.0863. The van der Waals surface area contributed by atoms with Crippen molar-refractivity contribution in [3.63, 3.8) is 0 Å². The van der Waals surface area contributed by atoms with Crippen LogP contribution < -0.4 is 19.5 Å². The summed E-state index contributed by atoms with van der Waals surface area (Å²) in [5.74, 6) is 0.627. The van der Waals surface area contributed by atoms with Crippen LogP contribution in [-0.4, -0.2) is 44.8 Å². The third-order valence-corrected chi connectivity index (χ3v) is 8.59. The molecule has 10 heteroatoms. The Kier molecular flexibility index (Phi) is 9.79. The van der Waals surface area contributed by atoms with Crippen LogP contribution in [0, 0.1) is 11.3 Å². The van der Waals surface area contributed by atoms with Crippen LogP contribution in [0.3, 0.4) is 0 Å². The number of esters is 1. The van der Waals surface area contributed by atoms with E-state index in [1.165, 1.54) is 0 Å². The van der Waals surface area contributed by atoms with E-state index in [4.69, 9.17) is 47.1 Å². The van der Waals surface area contributed by atoms with Crippen LogP contribution in [0.1, 0.15) is 54.4 Å². The van der Waals surface area contributed by atoms with Crippen molar-refractivity contribution in [2.75, 3.05) is 33.3 Å². The van der Waals surface area contributed by atoms with E-state index in [9.17, 15) is 9.59 Å². The predicted octanol–water partition coefficient (Wildman–Crippen LogP) is 8.51. The third kappa shape index (κ3) is 7.08. The van der Waals surface area contributed by atoms with Crippen LogP contribution in [0.25, 0.3) is 22.6 Å². The molecule has 0 bridgehead atoms. The Morgan fingerprint density at radius 2 is 1.59 bits per heavy atom. The number of aromatic nitrogens is 1. The van der Waals surface area contributed by atoms with E-state index in [1.807, 2.05) is 36.4 Å². The number of para-hydroxylation sites is 1. The topological polar surface area (TPSA) is 96.0 Å². The molecule has 1 aliphatic carbocycles. The van der Waals surface area contributed by atoms with Crippen molar-refractivity contribution in [1.82, 2.24) is 4.98 Å². The van der Waals surface area contributed by atoms with Crippen LogP contribution in [-0.2, 0) is 16.0 Å². The summed E-state index contributed by atoms with van der Waals surface area (Å²) in [7, 11) is 4.72. The fraction of sp³-hybridized carbons (Fsp3) is 0.306. The number of ether oxygens (including phenoxy) is 4. The molecule has 1 amide bonds. The molecule has 1 N–H and O–H groups in total. The average molecular weight is 664 g/mol. The Hall–Kier alpha value is -4.27. The van der Waals surface area contributed by atoms with E-state index < -0.39 is 18.5 Å². The zero-order valence-corrected chi connectivity index (χ0v) is 28.1. The molecule has 5 rings (SSSR count). The molecule has 4 aromatic rings. The van der Waals surface area contributed by atoms with Gasteiger partial charge in [0.05, 0.1) is 38.1 Å². The highest BCUT2D eigenvalue weighted by Crippen LogP contribution is 2.46. The second-order valence-electron chi connectivity index (χ2n) is 12.2. The van der Waals surface area contributed by atoms with E-state index in [0.717, 1.165) is 28.8 Å². The number of rotatable bonds is 8. The first-order valence-electron chi connectivity index (χ1n) is 14.8. The van der Waals surface area contributed by atoms with Gasteiger partial charge in [-0.2, -0.15) is 0 Å². The van der Waals surface area contributed by atoms with Crippen LogP contribution in [0.2, 0.25) is 10.0 Å². The monoisotopic (exact) mass is 662 g/mol. The molecule has 240 valence electrons. The van der Waals surface area contributed by atoms with Crippen LogP contribution in [0.5, 0.6) is 17.2 Å². The largest absolute Gasteiger partial charge is 0.493 e. The highest BCUT2D eigenvalue weighted by Gasteiger charge is 2.35. The van der Waals surface area contributed by atoms with Gasteiger partial charge in [0.25, 0.3) is 5.91 Å². The second-order valence-corrected chi connectivity index (χ2v) is 13.1. The van der Waals surface area contributed by atoms with Crippen molar-refractivity contribution in [3.8, 4) is 17.2 Å². The molecule has 1 heterocycles. The fourth-order valence-corrected chi connectivity index (χ4v) is 6.31. The fourth-order valence-electron chi connectivity index (χ4n) is 5.78. The first kappa shape index (κ1) is 33.1. The van der Waals surface area contributed by atoms with Gasteiger partial charge in [0.15, 0.2) is 18.1 Å². The highest BCUT2D eigenvalue weighted by atomic mass is 35.5. The summed E-state index contributed by atoms with van der Waals surface area (Å²) >= 11 is 12.1. The van der Waals surface area contributed by atoms with Gasteiger partial charge < -0.3 is 24.3 Å². The number of hydrogen-bond acceptors (Lipinski definition) is 7. The minimum Gasteiger partial charge on any atom is -0.493 e. The number of nitrogens with one attached hydrogen (secondary N) is 1. The molecule has 0 saturated carbocycles. The highest BCUT2D eigenvalue weighted by molar-refractivity contribution is 6.35. The summed E-state index contributed by atoms with van der Waals surface area (Å²) in [5.41, 5.74) is 4.68. The number of carbonyl (C=O) groups is 2. The van der Waals surface area contributed by atoms with E-state index in [2.05, 4.69) is 32.2 Å². The number of carbonyl (C=O) groups excluding carboxylic acids is 2. The van der Waals surface area contributed by atoms with E-state index in [-0.39, 0.29) is 11.3 Å². The lowest BCUT2D eigenvalue weighted by Gasteiger charge is -2.36. The molecule has 0 spiro atoms. The molecular formula is C36H36Cl2N2O6. The Bertz CT molecular complexity index is 1800. The number of hydrogen-bond donors (Lipinski definition) is 1. The Morgan fingerprint density at radius 3 is 2.20 bits per heavy atom. The maximum Gasteiger partial charge on any atom is 0.339 e. The lowest BCUT2D eigenvalue weighted by atomic mass is 9.69. The Morgan fingerprint density at radius 1 is 0.935 bits per heavy atom. The van der Waals surface area contributed by atoms with E-state index >= 15 is 0 Å². The van der Waals surface area contributed by atoms with Gasteiger partial charge in [0, 0.05) is 21.1 Å². The molecule has 8 nitrogen and oxygen atoms in total. The summed E-state index contributed by atoms with van der Waals surface area (Å²) in [6.45, 7) is 6.08. The number of benzene rings is 3. The lowest BCUT2D eigenvalue weighted by Crippen LogP contribution is -2.29. The van der Waals surface area contributed by atoms with Gasteiger partial charge in [-0.15, -0.1) is 0 Å². The number of nitrogens with zero attached hydrogens (tertiary/aromatic N) is 1. The second kappa shape index (κ2) is 13.6. The molecule has 3 aromatic carbocycles.